The van der Waals surface area contributed by atoms with E-state index in [2.05, 4.69) is 15.5 Å². The quantitative estimate of drug-likeness (QED) is 0.785. The number of amides is 1. The van der Waals surface area contributed by atoms with Gasteiger partial charge in [0.2, 0.25) is 5.91 Å². The fraction of sp³-hybridized carbons (Fsp3) is 0.188. The molecule has 2 heterocycles. The molecule has 0 aliphatic carbocycles. The lowest BCUT2D eigenvalue weighted by molar-refractivity contribution is -0.116. The molecule has 0 radical (unpaired) electrons. The highest BCUT2D eigenvalue weighted by Crippen LogP contribution is 2.11. The van der Waals surface area contributed by atoms with Gasteiger partial charge in [0, 0.05) is 18.0 Å². The molecule has 23 heavy (non-hydrogen) atoms. The number of carbonyl (C=O) groups excluding carboxylic acids is 1. The summed E-state index contributed by atoms with van der Waals surface area (Å²) >= 11 is 0. The summed E-state index contributed by atoms with van der Waals surface area (Å²) in [4.78, 5) is 11.9. The van der Waals surface area contributed by atoms with Crippen molar-refractivity contribution in [3.8, 4) is 0 Å². The first-order chi connectivity index (χ1) is 11.1. The van der Waals surface area contributed by atoms with Crippen molar-refractivity contribution in [1.82, 2.24) is 19.6 Å². The van der Waals surface area contributed by atoms with E-state index in [1.165, 1.54) is 12.3 Å². The number of halogens is 1. The Morgan fingerprint density at radius 3 is 2.83 bits per heavy atom. The third kappa shape index (κ3) is 3.82. The van der Waals surface area contributed by atoms with Gasteiger partial charge >= 0.3 is 0 Å². The summed E-state index contributed by atoms with van der Waals surface area (Å²) in [7, 11) is 0. The number of benzene rings is 1. The van der Waals surface area contributed by atoms with E-state index in [0.29, 0.717) is 17.8 Å². The van der Waals surface area contributed by atoms with Crippen LogP contribution in [0.25, 0.3) is 0 Å². The van der Waals surface area contributed by atoms with Crippen molar-refractivity contribution < 1.29 is 9.18 Å². The number of nitrogens with zero attached hydrogens (tertiary/aromatic N) is 4. The highest BCUT2D eigenvalue weighted by Gasteiger charge is 2.08. The molecule has 6 nitrogen and oxygen atoms in total. The summed E-state index contributed by atoms with van der Waals surface area (Å²) in [5, 5.41) is 11.0. The van der Waals surface area contributed by atoms with Crippen molar-refractivity contribution in [1.29, 1.82) is 0 Å². The monoisotopic (exact) mass is 313 g/mol. The lowest BCUT2D eigenvalue weighted by Crippen LogP contribution is -2.18. The van der Waals surface area contributed by atoms with Gasteiger partial charge in [-0.1, -0.05) is 18.2 Å². The molecule has 0 fully saturated rings. The molecule has 0 bridgehead atoms. The molecule has 1 N–H and O–H groups in total. The second kappa shape index (κ2) is 6.43. The summed E-state index contributed by atoms with van der Waals surface area (Å²) in [6, 6.07) is 8.36. The first kappa shape index (κ1) is 15.0. The maximum Gasteiger partial charge on any atom is 0.246 e. The van der Waals surface area contributed by atoms with Gasteiger partial charge in [-0.25, -0.2) is 4.39 Å². The Kier molecular flexibility index (Phi) is 4.18. The number of aryl methyl sites for hydroxylation is 1. The van der Waals surface area contributed by atoms with Crippen molar-refractivity contribution in [3.05, 3.63) is 66.0 Å². The maximum atomic E-state index is 13.6. The van der Waals surface area contributed by atoms with E-state index in [1.54, 1.807) is 40.0 Å². The molecule has 0 aliphatic heterocycles. The third-order valence-corrected chi connectivity index (χ3v) is 3.29. The molecule has 1 aromatic carbocycles. The van der Waals surface area contributed by atoms with Gasteiger partial charge in [-0.05, 0) is 19.1 Å². The SMILES string of the molecule is Cc1ccn(CC(=O)Nc2cnn(Cc3ccccc3F)c2)n1. The molecule has 2 aromatic heterocycles. The topological polar surface area (TPSA) is 64.7 Å². The molecule has 7 heteroatoms. The Labute approximate surface area is 132 Å². The Bertz CT molecular complexity index is 823. The maximum absolute atomic E-state index is 13.6. The molecule has 3 aromatic rings. The van der Waals surface area contributed by atoms with Gasteiger partial charge in [-0.2, -0.15) is 10.2 Å². The number of anilines is 1. The first-order valence-corrected chi connectivity index (χ1v) is 7.16. The van der Waals surface area contributed by atoms with E-state index < -0.39 is 0 Å². The van der Waals surface area contributed by atoms with Crippen molar-refractivity contribution in [3.63, 3.8) is 0 Å². The van der Waals surface area contributed by atoms with Crippen molar-refractivity contribution in [2.24, 2.45) is 0 Å². The molecule has 0 aliphatic rings. The smallest absolute Gasteiger partial charge is 0.246 e. The van der Waals surface area contributed by atoms with Crippen LogP contribution in [0.15, 0.2) is 48.9 Å². The first-order valence-electron chi connectivity index (χ1n) is 7.16. The van der Waals surface area contributed by atoms with Crippen LogP contribution in [0, 0.1) is 12.7 Å². The van der Waals surface area contributed by atoms with Crippen LogP contribution >= 0.6 is 0 Å². The van der Waals surface area contributed by atoms with Gasteiger partial charge in [-0.15, -0.1) is 0 Å². The summed E-state index contributed by atoms with van der Waals surface area (Å²) < 4.78 is 16.8. The Morgan fingerprint density at radius 1 is 1.26 bits per heavy atom. The van der Waals surface area contributed by atoms with Crippen LogP contribution in [0.1, 0.15) is 11.3 Å². The second-order valence-electron chi connectivity index (χ2n) is 5.22. The minimum Gasteiger partial charge on any atom is -0.322 e. The molecule has 0 spiro atoms. The minimum absolute atomic E-state index is 0.131. The zero-order chi connectivity index (χ0) is 16.2. The summed E-state index contributed by atoms with van der Waals surface area (Å²) in [5.41, 5.74) is 1.96. The number of aromatic nitrogens is 4. The number of hydrogen-bond acceptors (Lipinski definition) is 3. The van der Waals surface area contributed by atoms with Crippen molar-refractivity contribution >= 4 is 11.6 Å². The van der Waals surface area contributed by atoms with Crippen LogP contribution in [0.5, 0.6) is 0 Å². The van der Waals surface area contributed by atoms with Crippen LogP contribution < -0.4 is 5.32 Å². The standard InChI is InChI=1S/C16H16FN5O/c1-12-6-7-21(20-12)11-16(23)19-14-8-18-22(10-14)9-13-4-2-3-5-15(13)17/h2-8,10H,9,11H2,1H3,(H,19,23). The van der Waals surface area contributed by atoms with Gasteiger partial charge in [0.05, 0.1) is 24.1 Å². The molecule has 3 rings (SSSR count). The average Bonchev–Trinajstić information content (AvgIpc) is 3.11. The van der Waals surface area contributed by atoms with Crippen molar-refractivity contribution in [2.75, 3.05) is 5.32 Å². The van der Waals surface area contributed by atoms with E-state index >= 15 is 0 Å². The fourth-order valence-corrected chi connectivity index (χ4v) is 2.21. The van der Waals surface area contributed by atoms with Gasteiger partial charge in [-0.3, -0.25) is 14.2 Å². The minimum atomic E-state index is -0.275. The summed E-state index contributed by atoms with van der Waals surface area (Å²) in [5.74, 6) is -0.471. The third-order valence-electron chi connectivity index (χ3n) is 3.29. The van der Waals surface area contributed by atoms with E-state index in [4.69, 9.17) is 0 Å². The normalized spacial score (nSPS) is 10.7. The molecule has 0 saturated carbocycles. The van der Waals surface area contributed by atoms with Gasteiger partial charge in [0.15, 0.2) is 0 Å². The largest absolute Gasteiger partial charge is 0.322 e. The highest BCUT2D eigenvalue weighted by atomic mass is 19.1. The van der Waals surface area contributed by atoms with E-state index in [-0.39, 0.29) is 18.3 Å². The average molecular weight is 313 g/mol. The van der Waals surface area contributed by atoms with Crippen LogP contribution in [-0.2, 0) is 17.9 Å². The van der Waals surface area contributed by atoms with Crippen LogP contribution in [0.2, 0.25) is 0 Å². The molecule has 0 atom stereocenters. The number of nitrogens with one attached hydrogen (secondary N) is 1. The molecule has 1 amide bonds. The Morgan fingerprint density at radius 2 is 2.09 bits per heavy atom. The van der Waals surface area contributed by atoms with Crippen LogP contribution in [0.4, 0.5) is 10.1 Å². The van der Waals surface area contributed by atoms with Gasteiger partial charge in [0.1, 0.15) is 12.4 Å². The van der Waals surface area contributed by atoms with E-state index in [1.807, 2.05) is 13.0 Å². The number of carbonyl (C=O) groups is 1. The van der Waals surface area contributed by atoms with Gasteiger partial charge in [0.25, 0.3) is 0 Å². The zero-order valence-corrected chi connectivity index (χ0v) is 12.6. The molecule has 118 valence electrons. The molecular formula is C16H16FN5O. The fourth-order valence-electron chi connectivity index (χ4n) is 2.21. The number of rotatable bonds is 5. The van der Waals surface area contributed by atoms with Crippen LogP contribution in [0.3, 0.4) is 0 Å². The zero-order valence-electron chi connectivity index (χ0n) is 12.6. The molecular weight excluding hydrogens is 297 g/mol. The van der Waals surface area contributed by atoms with E-state index in [0.717, 1.165) is 5.69 Å². The van der Waals surface area contributed by atoms with Crippen LogP contribution in [-0.4, -0.2) is 25.5 Å². The Balaban J connectivity index is 1.61. The number of hydrogen-bond donors (Lipinski definition) is 1. The lowest BCUT2D eigenvalue weighted by Gasteiger charge is -2.04. The highest BCUT2D eigenvalue weighted by molar-refractivity contribution is 5.90. The van der Waals surface area contributed by atoms with E-state index in [9.17, 15) is 9.18 Å². The lowest BCUT2D eigenvalue weighted by atomic mass is 10.2. The predicted molar refractivity (Wildman–Crippen MR) is 83.3 cm³/mol. The van der Waals surface area contributed by atoms with Gasteiger partial charge < -0.3 is 5.32 Å². The predicted octanol–water partition coefficient (Wildman–Crippen LogP) is 2.21. The summed E-state index contributed by atoms with van der Waals surface area (Å²) in [6.45, 7) is 2.30. The summed E-state index contributed by atoms with van der Waals surface area (Å²) in [6.07, 6.45) is 4.95. The second-order valence-corrected chi connectivity index (χ2v) is 5.22. The molecule has 0 unspecified atom stereocenters. The van der Waals surface area contributed by atoms with Crippen molar-refractivity contribution in [2.45, 2.75) is 20.0 Å². The Hall–Kier alpha value is -2.96. The molecule has 0 saturated heterocycles.